The van der Waals surface area contributed by atoms with Crippen molar-refractivity contribution < 1.29 is 17.6 Å². The molecule has 0 saturated carbocycles. The lowest BCUT2D eigenvalue weighted by atomic mass is 10.2. The summed E-state index contributed by atoms with van der Waals surface area (Å²) in [6.07, 6.45) is 1.91. The lowest BCUT2D eigenvalue weighted by Crippen LogP contribution is -2.27. The number of carbonyl (C=O) groups excluding carboxylic acids is 1. The highest BCUT2D eigenvalue weighted by atomic mass is 35.5. The van der Waals surface area contributed by atoms with E-state index < -0.39 is 10.0 Å². The van der Waals surface area contributed by atoms with E-state index >= 15 is 0 Å². The Morgan fingerprint density at radius 2 is 1.93 bits per heavy atom. The van der Waals surface area contributed by atoms with Gasteiger partial charge in [-0.2, -0.15) is 0 Å². The van der Waals surface area contributed by atoms with Crippen LogP contribution in [0.5, 0.6) is 0 Å². The Labute approximate surface area is 182 Å². The maximum atomic E-state index is 12.9. The quantitative estimate of drug-likeness (QED) is 0.606. The first-order valence-corrected chi connectivity index (χ1v) is 11.9. The van der Waals surface area contributed by atoms with Gasteiger partial charge in [-0.05, 0) is 50.5 Å². The number of anilines is 1. The fraction of sp³-hybridized carbons (Fsp3) is 0.316. The third kappa shape index (κ3) is 4.07. The summed E-state index contributed by atoms with van der Waals surface area (Å²) in [7, 11) is -3.86. The van der Waals surface area contributed by atoms with Gasteiger partial charge in [0.2, 0.25) is 0 Å². The van der Waals surface area contributed by atoms with Crippen molar-refractivity contribution >= 4 is 44.6 Å². The lowest BCUT2D eigenvalue weighted by molar-refractivity contribution is 0.0754. The van der Waals surface area contributed by atoms with Crippen molar-refractivity contribution in [2.24, 2.45) is 0 Å². The van der Waals surface area contributed by atoms with Crippen LogP contribution in [0.4, 0.5) is 5.69 Å². The number of aryl methyl sites for hydroxylation is 2. The van der Waals surface area contributed by atoms with Gasteiger partial charge >= 0.3 is 11.8 Å². The zero-order valence-corrected chi connectivity index (χ0v) is 18.7. The van der Waals surface area contributed by atoms with Gasteiger partial charge in [0.05, 0.1) is 10.6 Å². The maximum absolute atomic E-state index is 12.9. The van der Waals surface area contributed by atoms with Crippen LogP contribution in [0.3, 0.4) is 0 Å². The number of halogens is 1. The summed E-state index contributed by atoms with van der Waals surface area (Å²) < 4.78 is 34.0. The van der Waals surface area contributed by atoms with Crippen LogP contribution in [0, 0.1) is 13.8 Å². The molecule has 11 heteroatoms. The summed E-state index contributed by atoms with van der Waals surface area (Å²) in [5.74, 6) is -0.272. The molecule has 8 nitrogen and oxygen atoms in total. The van der Waals surface area contributed by atoms with E-state index in [9.17, 15) is 13.2 Å². The topological polar surface area (TPSA) is 105 Å². The van der Waals surface area contributed by atoms with Gasteiger partial charge in [0.1, 0.15) is 4.90 Å². The summed E-state index contributed by atoms with van der Waals surface area (Å²) in [5.41, 5.74) is 1.16. The van der Waals surface area contributed by atoms with Crippen LogP contribution in [0.25, 0.3) is 10.8 Å². The number of nitrogens with one attached hydrogen (secondary N) is 1. The van der Waals surface area contributed by atoms with Crippen LogP contribution in [0.1, 0.15) is 34.0 Å². The van der Waals surface area contributed by atoms with Gasteiger partial charge in [0.25, 0.3) is 15.9 Å². The summed E-state index contributed by atoms with van der Waals surface area (Å²) in [6, 6.07) is 6.47. The van der Waals surface area contributed by atoms with Crippen LogP contribution in [-0.4, -0.2) is 42.5 Å². The first-order valence-electron chi connectivity index (χ1n) is 9.27. The minimum Gasteiger partial charge on any atom is -0.411 e. The Balaban J connectivity index is 1.60. The van der Waals surface area contributed by atoms with Crippen LogP contribution < -0.4 is 4.72 Å². The Morgan fingerprint density at radius 1 is 1.20 bits per heavy atom. The Kier molecular flexibility index (Phi) is 5.56. The molecular formula is C19H19ClN4O4S2. The average Bonchev–Trinajstić information content (AvgIpc) is 3.43. The number of thiophene rings is 1. The minimum atomic E-state index is -3.86. The number of likely N-dealkylation sites (tertiary alicyclic amines) is 1. The molecule has 0 radical (unpaired) electrons. The third-order valence-corrected chi connectivity index (χ3v) is 7.71. The van der Waals surface area contributed by atoms with E-state index in [1.165, 1.54) is 17.4 Å². The Hall–Kier alpha value is -2.43. The van der Waals surface area contributed by atoms with Crippen molar-refractivity contribution in [2.45, 2.75) is 31.6 Å². The van der Waals surface area contributed by atoms with Crippen molar-refractivity contribution in [3.8, 4) is 10.8 Å². The molecule has 1 saturated heterocycles. The number of hydrogen-bond donors (Lipinski definition) is 1. The number of benzene rings is 1. The summed E-state index contributed by atoms with van der Waals surface area (Å²) >= 11 is 7.19. The Bertz CT molecular complexity index is 1210. The molecular weight excluding hydrogens is 448 g/mol. The number of hydrogen-bond acceptors (Lipinski definition) is 7. The van der Waals surface area contributed by atoms with Crippen molar-refractivity contribution in [2.75, 3.05) is 17.8 Å². The predicted molar refractivity (Wildman–Crippen MR) is 114 cm³/mol. The second-order valence-electron chi connectivity index (χ2n) is 7.01. The predicted octanol–water partition coefficient (Wildman–Crippen LogP) is 4.11. The first-order chi connectivity index (χ1) is 14.2. The Morgan fingerprint density at radius 3 is 2.67 bits per heavy atom. The van der Waals surface area contributed by atoms with E-state index in [0.717, 1.165) is 18.4 Å². The van der Waals surface area contributed by atoms with E-state index in [2.05, 4.69) is 14.9 Å². The molecule has 1 aliphatic heterocycles. The van der Waals surface area contributed by atoms with Crippen molar-refractivity contribution in [3.63, 3.8) is 0 Å². The van der Waals surface area contributed by atoms with E-state index in [1.807, 2.05) is 0 Å². The molecule has 0 bridgehead atoms. The highest BCUT2D eigenvalue weighted by Gasteiger charge is 2.27. The molecule has 3 aromatic rings. The second kappa shape index (κ2) is 8.01. The number of nitrogens with zero attached hydrogens (tertiary/aromatic N) is 3. The van der Waals surface area contributed by atoms with Crippen LogP contribution in [-0.2, 0) is 10.0 Å². The molecule has 0 aliphatic carbocycles. The van der Waals surface area contributed by atoms with E-state index in [4.69, 9.17) is 16.0 Å². The second-order valence-corrected chi connectivity index (χ2v) is 10.4. The standard InChI is InChI=1S/C19H19ClN4O4S2/c1-11-5-6-13(20)9-14(11)23-30(26,27)16-10-15(29-12(16)2)17-21-22-18(28-17)19(25)24-7-3-4-8-24/h5-6,9-10,23H,3-4,7-8H2,1-2H3. The van der Waals surface area contributed by atoms with Crippen molar-refractivity contribution in [1.29, 1.82) is 0 Å². The molecule has 1 fully saturated rings. The molecule has 2 aromatic heterocycles. The van der Waals surface area contributed by atoms with Crippen LogP contribution in [0.2, 0.25) is 5.02 Å². The zero-order valence-electron chi connectivity index (χ0n) is 16.3. The summed E-state index contributed by atoms with van der Waals surface area (Å²) in [6.45, 7) is 4.83. The minimum absolute atomic E-state index is 0.0879. The molecule has 0 atom stereocenters. The number of aromatic nitrogens is 2. The van der Waals surface area contributed by atoms with Crippen LogP contribution >= 0.6 is 22.9 Å². The van der Waals surface area contributed by atoms with Crippen molar-refractivity contribution in [3.05, 3.63) is 45.6 Å². The molecule has 3 heterocycles. The average molecular weight is 467 g/mol. The number of amides is 1. The molecule has 1 aromatic carbocycles. The molecule has 1 N–H and O–H groups in total. The summed E-state index contributed by atoms with van der Waals surface area (Å²) in [5, 5.41) is 8.22. The molecule has 1 amide bonds. The van der Waals surface area contributed by atoms with E-state index in [-0.39, 0.29) is 22.6 Å². The monoisotopic (exact) mass is 466 g/mol. The molecule has 1 aliphatic rings. The molecule has 0 unspecified atom stereocenters. The normalized spacial score (nSPS) is 14.3. The SMILES string of the molecule is Cc1ccc(Cl)cc1NS(=O)(=O)c1cc(-c2nnc(C(=O)N3CCCC3)o2)sc1C. The molecule has 158 valence electrons. The van der Waals surface area contributed by atoms with Gasteiger partial charge in [-0.3, -0.25) is 9.52 Å². The fourth-order valence-corrected chi connectivity index (χ4v) is 6.01. The van der Waals surface area contributed by atoms with Gasteiger partial charge < -0.3 is 9.32 Å². The van der Waals surface area contributed by atoms with Gasteiger partial charge in [-0.15, -0.1) is 21.5 Å². The maximum Gasteiger partial charge on any atom is 0.311 e. The van der Waals surface area contributed by atoms with Crippen molar-refractivity contribution in [1.82, 2.24) is 15.1 Å². The summed E-state index contributed by atoms with van der Waals surface area (Å²) in [4.78, 5) is 15.2. The zero-order chi connectivity index (χ0) is 21.5. The van der Waals surface area contributed by atoms with Crippen LogP contribution in [0.15, 0.2) is 33.6 Å². The molecule has 30 heavy (non-hydrogen) atoms. The van der Waals surface area contributed by atoms with Gasteiger partial charge in [-0.25, -0.2) is 8.42 Å². The highest BCUT2D eigenvalue weighted by Crippen LogP contribution is 2.34. The molecule has 0 spiro atoms. The number of sulfonamides is 1. The number of carbonyl (C=O) groups is 1. The number of rotatable bonds is 5. The highest BCUT2D eigenvalue weighted by molar-refractivity contribution is 7.93. The van der Waals surface area contributed by atoms with Gasteiger partial charge in [-0.1, -0.05) is 17.7 Å². The van der Waals surface area contributed by atoms with Gasteiger partial charge in [0, 0.05) is 23.0 Å². The lowest BCUT2D eigenvalue weighted by Gasteiger charge is -2.11. The largest absolute Gasteiger partial charge is 0.411 e. The smallest absolute Gasteiger partial charge is 0.311 e. The van der Waals surface area contributed by atoms with E-state index in [1.54, 1.807) is 36.9 Å². The third-order valence-electron chi connectivity index (χ3n) is 4.82. The molecule has 4 rings (SSSR count). The van der Waals surface area contributed by atoms with Gasteiger partial charge in [0.15, 0.2) is 0 Å². The van der Waals surface area contributed by atoms with E-state index in [0.29, 0.717) is 33.6 Å². The first kappa shape index (κ1) is 20.8. The fourth-order valence-electron chi connectivity index (χ4n) is 3.21.